The number of aromatic nitrogens is 4. The summed E-state index contributed by atoms with van der Waals surface area (Å²) in [6.45, 7) is 9.18. The van der Waals surface area contributed by atoms with Crippen LogP contribution in [0.3, 0.4) is 0 Å². The molecule has 0 unspecified atom stereocenters. The summed E-state index contributed by atoms with van der Waals surface area (Å²) >= 11 is 1.54. The van der Waals surface area contributed by atoms with Crippen LogP contribution in [-0.2, 0) is 15.1 Å². The van der Waals surface area contributed by atoms with Crippen LogP contribution in [0.4, 0.5) is 10.6 Å². The van der Waals surface area contributed by atoms with Crippen molar-refractivity contribution >= 4 is 44.4 Å². The smallest absolute Gasteiger partial charge is 0.410 e. The van der Waals surface area contributed by atoms with Gasteiger partial charge < -0.3 is 24.4 Å². The molecule has 0 saturated carbocycles. The Labute approximate surface area is 224 Å². The number of morpholine rings is 1. The van der Waals surface area contributed by atoms with E-state index in [1.54, 1.807) is 22.4 Å². The van der Waals surface area contributed by atoms with Crippen molar-refractivity contribution in [1.82, 2.24) is 25.1 Å². The zero-order valence-corrected chi connectivity index (χ0v) is 22.7. The SMILES string of the molecule is CC(C)(C)OC(=O)N1CCC(O)(c2cc3nc(-c4cccc5[nH]ncc45)nc(N4CCOCC4)c3s2)CC1. The van der Waals surface area contributed by atoms with Crippen LogP contribution in [0, 0.1) is 0 Å². The molecular formula is C27H32N6O4S. The first-order valence-corrected chi connectivity index (χ1v) is 13.8. The van der Waals surface area contributed by atoms with Crippen LogP contribution >= 0.6 is 11.3 Å². The number of aliphatic hydroxyl groups is 1. The zero-order valence-electron chi connectivity index (χ0n) is 21.9. The molecule has 2 aliphatic heterocycles. The van der Waals surface area contributed by atoms with Crippen molar-refractivity contribution in [3.05, 3.63) is 35.3 Å². The molecular weight excluding hydrogens is 504 g/mol. The van der Waals surface area contributed by atoms with E-state index in [4.69, 9.17) is 19.4 Å². The van der Waals surface area contributed by atoms with E-state index in [1.165, 1.54) is 0 Å². The molecule has 200 valence electrons. The Kier molecular flexibility index (Phi) is 6.24. The molecule has 4 aromatic rings. The summed E-state index contributed by atoms with van der Waals surface area (Å²) < 4.78 is 12.1. The Morgan fingerprint density at radius 3 is 2.66 bits per heavy atom. The lowest BCUT2D eigenvalue weighted by Gasteiger charge is -2.38. The van der Waals surface area contributed by atoms with Crippen molar-refractivity contribution in [1.29, 1.82) is 0 Å². The maximum Gasteiger partial charge on any atom is 0.410 e. The van der Waals surface area contributed by atoms with E-state index in [0.29, 0.717) is 45.0 Å². The average Bonchev–Trinajstić information content (AvgIpc) is 3.55. The number of hydrogen-bond acceptors (Lipinski definition) is 9. The fourth-order valence-electron chi connectivity index (χ4n) is 5.05. The van der Waals surface area contributed by atoms with E-state index in [9.17, 15) is 9.90 Å². The highest BCUT2D eigenvalue weighted by atomic mass is 32.1. The number of H-pyrrole nitrogens is 1. The number of ether oxygens (including phenoxy) is 2. The monoisotopic (exact) mass is 536 g/mol. The highest BCUT2D eigenvalue weighted by Crippen LogP contribution is 2.43. The fourth-order valence-corrected chi connectivity index (χ4v) is 6.31. The molecule has 6 rings (SSSR count). The molecule has 2 saturated heterocycles. The fraction of sp³-hybridized carbons (Fsp3) is 0.481. The molecule has 1 amide bonds. The maximum atomic E-state index is 12.6. The van der Waals surface area contributed by atoms with Gasteiger partial charge in [-0.1, -0.05) is 12.1 Å². The third-order valence-electron chi connectivity index (χ3n) is 7.09. The number of aromatic amines is 1. The third kappa shape index (κ3) is 4.70. The summed E-state index contributed by atoms with van der Waals surface area (Å²) in [7, 11) is 0. The second-order valence-electron chi connectivity index (χ2n) is 10.9. The number of carbonyl (C=O) groups is 1. The number of carbonyl (C=O) groups excluding carboxylic acids is 1. The van der Waals surface area contributed by atoms with Gasteiger partial charge in [0.25, 0.3) is 0 Å². The first-order valence-electron chi connectivity index (χ1n) is 13.0. The number of hydrogen-bond donors (Lipinski definition) is 2. The molecule has 5 heterocycles. The highest BCUT2D eigenvalue weighted by molar-refractivity contribution is 7.19. The Morgan fingerprint density at radius 2 is 1.92 bits per heavy atom. The van der Waals surface area contributed by atoms with Crippen molar-refractivity contribution in [2.45, 2.75) is 44.8 Å². The minimum absolute atomic E-state index is 0.338. The molecule has 0 radical (unpaired) electrons. The quantitative estimate of drug-likeness (QED) is 0.398. The Bertz CT molecular complexity index is 1480. The molecule has 0 spiro atoms. The van der Waals surface area contributed by atoms with Crippen LogP contribution in [0.5, 0.6) is 0 Å². The number of rotatable bonds is 3. The minimum atomic E-state index is -1.04. The third-order valence-corrected chi connectivity index (χ3v) is 8.40. The largest absolute Gasteiger partial charge is 0.444 e. The molecule has 11 heteroatoms. The lowest BCUT2D eigenvalue weighted by Crippen LogP contribution is -2.46. The first kappa shape index (κ1) is 25.0. The Morgan fingerprint density at radius 1 is 1.16 bits per heavy atom. The number of anilines is 1. The van der Waals surface area contributed by atoms with Gasteiger partial charge in [0.15, 0.2) is 11.6 Å². The second kappa shape index (κ2) is 9.48. The highest BCUT2D eigenvalue weighted by Gasteiger charge is 2.38. The normalized spacial score (nSPS) is 18.3. The molecule has 2 N–H and O–H groups in total. The van der Waals surface area contributed by atoms with Crippen LogP contribution in [-0.4, -0.2) is 81.3 Å². The average molecular weight is 537 g/mol. The number of amides is 1. The zero-order chi connectivity index (χ0) is 26.5. The topological polar surface area (TPSA) is 117 Å². The van der Waals surface area contributed by atoms with Gasteiger partial charge in [0.1, 0.15) is 11.2 Å². The summed E-state index contributed by atoms with van der Waals surface area (Å²) in [4.78, 5) is 27.3. The van der Waals surface area contributed by atoms with E-state index in [0.717, 1.165) is 50.5 Å². The lowest BCUT2D eigenvalue weighted by atomic mass is 9.90. The summed E-state index contributed by atoms with van der Waals surface area (Å²) in [5.74, 6) is 1.49. The molecule has 2 fully saturated rings. The van der Waals surface area contributed by atoms with Crippen molar-refractivity contribution in [2.24, 2.45) is 0 Å². The molecule has 0 bridgehead atoms. The van der Waals surface area contributed by atoms with Gasteiger partial charge in [0, 0.05) is 42.0 Å². The molecule has 1 aromatic carbocycles. The minimum Gasteiger partial charge on any atom is -0.444 e. The van der Waals surface area contributed by atoms with Crippen LogP contribution in [0.1, 0.15) is 38.5 Å². The van der Waals surface area contributed by atoms with Gasteiger partial charge in [-0.2, -0.15) is 5.10 Å². The molecule has 38 heavy (non-hydrogen) atoms. The number of thiophene rings is 1. The van der Waals surface area contributed by atoms with Crippen molar-refractivity contribution < 1.29 is 19.4 Å². The van der Waals surface area contributed by atoms with E-state index in [2.05, 4.69) is 15.1 Å². The summed E-state index contributed by atoms with van der Waals surface area (Å²) in [6, 6.07) is 7.95. The van der Waals surface area contributed by atoms with E-state index < -0.39 is 11.2 Å². The number of benzene rings is 1. The van der Waals surface area contributed by atoms with Crippen molar-refractivity contribution in [3.63, 3.8) is 0 Å². The van der Waals surface area contributed by atoms with Gasteiger partial charge in [-0.3, -0.25) is 5.10 Å². The van der Waals surface area contributed by atoms with Gasteiger partial charge in [0.05, 0.1) is 35.1 Å². The molecule has 0 atom stereocenters. The number of nitrogens with zero attached hydrogens (tertiary/aromatic N) is 5. The van der Waals surface area contributed by atoms with E-state index >= 15 is 0 Å². The van der Waals surface area contributed by atoms with Gasteiger partial charge in [0.2, 0.25) is 0 Å². The standard InChI is InChI=1S/C27H32N6O4S/c1-26(2,3)37-25(34)33-9-7-27(35,8-10-33)21-15-20-22(38-21)24(32-11-13-36-14-12-32)30-23(29-20)17-5-4-6-19-18(17)16-28-31-19/h4-6,15-16,35H,7-14H2,1-3H3,(H,28,31). The molecule has 10 nitrogen and oxygen atoms in total. The summed E-state index contributed by atoms with van der Waals surface area (Å²) in [5.41, 5.74) is 1.04. The van der Waals surface area contributed by atoms with Crippen LogP contribution in [0.15, 0.2) is 30.5 Å². The summed E-state index contributed by atoms with van der Waals surface area (Å²) in [6.07, 6.45) is 2.32. The number of fused-ring (bicyclic) bond motifs is 2. The van der Waals surface area contributed by atoms with Gasteiger partial charge in [-0.15, -0.1) is 11.3 Å². The van der Waals surface area contributed by atoms with Crippen LogP contribution in [0.2, 0.25) is 0 Å². The van der Waals surface area contributed by atoms with Gasteiger partial charge in [-0.25, -0.2) is 14.8 Å². The number of piperidine rings is 1. The van der Waals surface area contributed by atoms with Crippen LogP contribution in [0.25, 0.3) is 32.5 Å². The number of likely N-dealkylation sites (tertiary alicyclic amines) is 1. The lowest BCUT2D eigenvalue weighted by molar-refractivity contribution is -0.0334. The summed E-state index contributed by atoms with van der Waals surface area (Å²) in [5, 5.41) is 19.9. The Hall–Kier alpha value is -3.28. The molecule has 3 aromatic heterocycles. The Balaban J connectivity index is 1.36. The number of nitrogens with one attached hydrogen (secondary N) is 1. The second-order valence-corrected chi connectivity index (χ2v) is 12.0. The van der Waals surface area contributed by atoms with Gasteiger partial charge in [-0.05, 0) is 45.7 Å². The molecule has 2 aliphatic rings. The van der Waals surface area contributed by atoms with Crippen molar-refractivity contribution in [2.75, 3.05) is 44.3 Å². The van der Waals surface area contributed by atoms with Crippen molar-refractivity contribution in [3.8, 4) is 11.4 Å². The predicted molar refractivity (Wildman–Crippen MR) is 146 cm³/mol. The first-order chi connectivity index (χ1) is 18.2. The molecule has 0 aliphatic carbocycles. The van der Waals surface area contributed by atoms with E-state index in [-0.39, 0.29) is 6.09 Å². The maximum absolute atomic E-state index is 12.6. The van der Waals surface area contributed by atoms with E-state index in [1.807, 2.05) is 45.0 Å². The van der Waals surface area contributed by atoms with Crippen LogP contribution < -0.4 is 4.90 Å². The predicted octanol–water partition coefficient (Wildman–Crippen LogP) is 4.29. The van der Waals surface area contributed by atoms with Gasteiger partial charge >= 0.3 is 6.09 Å².